The number of aromatic nitrogens is 2. The van der Waals surface area contributed by atoms with Crippen LogP contribution in [0, 0.1) is 26.7 Å². The van der Waals surface area contributed by atoms with Gasteiger partial charge in [0.15, 0.2) is 0 Å². The first-order valence-corrected chi connectivity index (χ1v) is 11.0. The molecular formula is C24H22MnN10-4. The molecule has 0 aromatic carbocycles. The fourth-order valence-electron chi connectivity index (χ4n) is 4.23. The molecule has 0 atom stereocenters. The molecule has 2 aromatic heterocycles. The van der Waals surface area contributed by atoms with Crippen LogP contribution in [-0.2, 0) is 17.1 Å². The van der Waals surface area contributed by atoms with Crippen LogP contribution in [0.4, 0.5) is 23.3 Å². The summed E-state index contributed by atoms with van der Waals surface area (Å²) in [5, 5.41) is 0. The summed E-state index contributed by atoms with van der Waals surface area (Å²) >= 11 is 0. The zero-order valence-corrected chi connectivity index (χ0v) is 19.8. The van der Waals surface area contributed by atoms with Crippen molar-refractivity contribution >= 4 is 23.3 Å². The third-order valence-electron chi connectivity index (χ3n) is 5.92. The molecule has 11 heteroatoms. The van der Waals surface area contributed by atoms with Crippen LogP contribution in [0.25, 0.3) is 0 Å². The van der Waals surface area contributed by atoms with Crippen LogP contribution in [0.1, 0.15) is 0 Å². The van der Waals surface area contributed by atoms with E-state index in [9.17, 15) is 0 Å². The van der Waals surface area contributed by atoms with Gasteiger partial charge >= 0.3 is 0 Å². The van der Waals surface area contributed by atoms with Gasteiger partial charge in [-0.05, 0) is 73.9 Å². The van der Waals surface area contributed by atoms with Crippen LogP contribution in [0.3, 0.4) is 0 Å². The number of hydrogen-bond acceptors (Lipinski definition) is 10. The van der Waals surface area contributed by atoms with E-state index in [-0.39, 0.29) is 17.1 Å². The largest absolute Gasteiger partial charge is 0.494 e. The van der Waals surface area contributed by atoms with Crippen LogP contribution in [-0.4, -0.2) is 42.9 Å². The van der Waals surface area contributed by atoms with E-state index >= 15 is 0 Å². The summed E-state index contributed by atoms with van der Waals surface area (Å²) in [4.78, 5) is 26.3. The molecule has 12 bridgehead atoms. The topological polar surface area (TPSA) is 51.7 Å². The summed E-state index contributed by atoms with van der Waals surface area (Å²) in [7, 11) is 0. The van der Waals surface area contributed by atoms with Gasteiger partial charge in [0.05, 0.1) is 0 Å². The van der Waals surface area contributed by atoms with Gasteiger partial charge in [0.1, 0.15) is 23.3 Å². The molecule has 7 heterocycles. The molecular weight excluding hydrogens is 483 g/mol. The van der Waals surface area contributed by atoms with Crippen molar-refractivity contribution in [3.63, 3.8) is 0 Å². The Morgan fingerprint density at radius 3 is 1.03 bits per heavy atom. The van der Waals surface area contributed by atoms with Crippen LogP contribution >= 0.6 is 0 Å². The van der Waals surface area contributed by atoms with Crippen molar-refractivity contribution in [2.75, 3.05) is 32.9 Å². The fourth-order valence-corrected chi connectivity index (χ4v) is 4.23. The molecule has 2 aromatic rings. The molecule has 0 aliphatic carbocycles. The molecule has 0 fully saturated rings. The van der Waals surface area contributed by atoms with Gasteiger partial charge in [-0.15, -0.1) is 26.7 Å². The first-order chi connectivity index (χ1) is 16.8. The van der Waals surface area contributed by atoms with Crippen molar-refractivity contribution in [2.45, 2.75) is 0 Å². The Balaban J connectivity index is 0.00000229. The predicted octanol–water partition coefficient (Wildman–Crippen LogP) is 2.95. The van der Waals surface area contributed by atoms with E-state index < -0.39 is 0 Å². The quantitative estimate of drug-likeness (QED) is 0.395. The maximum atomic E-state index is 4.87. The number of fused-ring (bicyclic) bond motifs is 16. The van der Waals surface area contributed by atoms with E-state index in [1.807, 2.05) is 132 Å². The molecule has 0 saturated carbocycles. The molecule has 5 aliphatic heterocycles. The van der Waals surface area contributed by atoms with Gasteiger partial charge in [0.25, 0.3) is 0 Å². The Labute approximate surface area is 215 Å². The molecule has 0 unspecified atom stereocenters. The molecule has 179 valence electrons. The summed E-state index contributed by atoms with van der Waals surface area (Å²) < 4.78 is 0. The smallest absolute Gasteiger partial charge is 0.106 e. The van der Waals surface area contributed by atoms with Gasteiger partial charge in [-0.3, -0.25) is 0 Å². The zero-order chi connectivity index (χ0) is 22.5. The van der Waals surface area contributed by atoms with Crippen LogP contribution < -0.4 is 19.6 Å². The maximum absolute atomic E-state index is 4.87. The molecule has 7 rings (SSSR count). The minimum atomic E-state index is 0. The van der Waals surface area contributed by atoms with Crippen molar-refractivity contribution in [1.82, 2.24) is 29.6 Å². The van der Waals surface area contributed by atoms with Crippen LogP contribution in [0.5, 0.6) is 0 Å². The average molecular weight is 505 g/mol. The fraction of sp³-hybridized carbons (Fsp3) is 0.0833. The monoisotopic (exact) mass is 505 g/mol. The first-order valence-electron chi connectivity index (χ1n) is 11.0. The summed E-state index contributed by atoms with van der Waals surface area (Å²) in [6.45, 7) is 9.53. The third-order valence-corrected chi connectivity index (χ3v) is 5.92. The summed E-state index contributed by atoms with van der Waals surface area (Å²) in [5.74, 6) is 3.45. The van der Waals surface area contributed by atoms with Crippen molar-refractivity contribution in [3.8, 4) is 0 Å². The van der Waals surface area contributed by atoms with Gasteiger partial charge in [0, 0.05) is 30.4 Å². The number of nitrogens with zero attached hydrogens (tertiary/aromatic N) is 10. The van der Waals surface area contributed by atoms with E-state index in [1.165, 1.54) is 0 Å². The van der Waals surface area contributed by atoms with Crippen molar-refractivity contribution in [1.29, 1.82) is 0 Å². The van der Waals surface area contributed by atoms with E-state index in [4.69, 9.17) is 9.97 Å². The Bertz CT molecular complexity index is 1040. The standard InChI is InChI=1S/C24H22N10.Mn/c1-3-21-25-22(4-1)32-12-8-28(18-32)16-30-10-14-34(20-30)24-6-2-5-23(26-24)33-13-9-29(19-33)15-27-7-11-31(21)17-27;/h1-14,17-20H,15-16H2;/q-4;. The summed E-state index contributed by atoms with van der Waals surface area (Å²) in [5.41, 5.74) is 0. The van der Waals surface area contributed by atoms with Crippen molar-refractivity contribution in [3.05, 3.63) is 113 Å². The second-order valence-corrected chi connectivity index (χ2v) is 8.33. The molecule has 10 nitrogen and oxygen atoms in total. The Hall–Kier alpha value is -3.82. The first kappa shape index (κ1) is 21.7. The normalized spacial score (nSPS) is 19.9. The van der Waals surface area contributed by atoms with E-state index in [0.717, 1.165) is 23.3 Å². The van der Waals surface area contributed by atoms with Crippen molar-refractivity contribution in [2.24, 2.45) is 0 Å². The van der Waals surface area contributed by atoms with Gasteiger partial charge in [-0.2, -0.15) is 0 Å². The molecule has 0 spiro atoms. The van der Waals surface area contributed by atoms with Crippen molar-refractivity contribution < 1.29 is 17.1 Å². The molecule has 5 aliphatic rings. The molecule has 0 saturated heterocycles. The average Bonchev–Trinajstić information content (AvgIpc) is 3.67. The molecule has 0 N–H and O–H groups in total. The van der Waals surface area contributed by atoms with Crippen LogP contribution in [0.15, 0.2) is 86.0 Å². The summed E-state index contributed by atoms with van der Waals surface area (Å²) in [6.07, 6.45) is 16.3. The van der Waals surface area contributed by atoms with Gasteiger partial charge in [-0.25, -0.2) is 9.97 Å². The predicted molar refractivity (Wildman–Crippen MR) is 129 cm³/mol. The molecule has 0 amide bonds. The number of anilines is 4. The Kier molecular flexibility index (Phi) is 5.43. The number of rotatable bonds is 0. The van der Waals surface area contributed by atoms with E-state index in [2.05, 4.69) is 19.6 Å². The van der Waals surface area contributed by atoms with Gasteiger partial charge in [0.2, 0.25) is 0 Å². The Morgan fingerprint density at radius 1 is 0.457 bits per heavy atom. The second-order valence-electron chi connectivity index (χ2n) is 8.33. The molecule has 35 heavy (non-hydrogen) atoms. The third kappa shape index (κ3) is 4.13. The second kappa shape index (κ2) is 8.75. The minimum Gasteiger partial charge on any atom is -0.494 e. The SMILES string of the molecule is C1=CN2[CH-]N1CN1C=CN([CH-]1)c1cccc(n1)N1C=CN([CH-]1)CN1C=CN([CH-]1)c1cccc2n1.[Mn]. The Morgan fingerprint density at radius 2 is 0.743 bits per heavy atom. The minimum absolute atomic E-state index is 0. The van der Waals surface area contributed by atoms with Gasteiger partial charge < -0.3 is 39.2 Å². The van der Waals surface area contributed by atoms with Crippen LogP contribution in [0.2, 0.25) is 0 Å². The number of hydrogen-bond donors (Lipinski definition) is 0. The number of pyridine rings is 2. The maximum Gasteiger partial charge on any atom is 0.106 e. The zero-order valence-electron chi connectivity index (χ0n) is 18.7. The van der Waals surface area contributed by atoms with Gasteiger partial charge in [-0.1, -0.05) is 12.1 Å². The van der Waals surface area contributed by atoms with E-state index in [1.54, 1.807) is 0 Å². The molecule has 1 radical (unpaired) electrons. The van der Waals surface area contributed by atoms with E-state index in [0.29, 0.717) is 13.3 Å². The summed E-state index contributed by atoms with van der Waals surface area (Å²) in [6, 6.07) is 12.1.